The molecular weight excluding hydrogens is 398 g/mol. The van der Waals surface area contributed by atoms with Crippen molar-refractivity contribution >= 4 is 11.5 Å². The molecule has 3 aromatic carbocycles. The van der Waals surface area contributed by atoms with Crippen molar-refractivity contribution in [3.8, 4) is 11.5 Å². The number of carbonyl (C=O) groups excluding carboxylic acids is 1. The largest absolute Gasteiger partial charge is 0.493 e. The average molecular weight is 432 g/mol. The zero-order valence-corrected chi connectivity index (χ0v) is 19.9. The fourth-order valence-corrected chi connectivity index (χ4v) is 3.71. The number of nitrogens with one attached hydrogen (secondary N) is 1. The van der Waals surface area contributed by atoms with Crippen molar-refractivity contribution in [2.24, 2.45) is 0 Å². The predicted octanol–water partition coefficient (Wildman–Crippen LogP) is 6.87. The SMILES string of the molecule is COc1ccc(C(=O)CC(Nc2ccc(C)c(C)c2)c2ccc(C(C)C)cc2)cc1OC. The van der Waals surface area contributed by atoms with Gasteiger partial charge in [-0.25, -0.2) is 0 Å². The molecule has 4 heteroatoms. The van der Waals surface area contributed by atoms with Crippen LogP contribution < -0.4 is 14.8 Å². The summed E-state index contributed by atoms with van der Waals surface area (Å²) in [6.07, 6.45) is 0.323. The molecule has 0 aromatic heterocycles. The highest BCUT2D eigenvalue weighted by Crippen LogP contribution is 2.31. The van der Waals surface area contributed by atoms with E-state index in [1.807, 2.05) is 0 Å². The Morgan fingerprint density at radius 2 is 1.47 bits per heavy atom. The lowest BCUT2D eigenvalue weighted by molar-refractivity contribution is 0.0976. The number of Topliss-reactive ketones (excluding diaryl/α,β-unsaturated/α-hetero) is 1. The van der Waals surface area contributed by atoms with Gasteiger partial charge in [0.1, 0.15) is 0 Å². The Hall–Kier alpha value is -3.27. The minimum Gasteiger partial charge on any atom is -0.493 e. The average Bonchev–Trinajstić information content (AvgIpc) is 2.80. The zero-order valence-electron chi connectivity index (χ0n) is 19.9. The summed E-state index contributed by atoms with van der Waals surface area (Å²) in [6, 6.07) is 20.0. The van der Waals surface area contributed by atoms with Gasteiger partial charge in [-0.15, -0.1) is 0 Å². The molecule has 0 aliphatic carbocycles. The van der Waals surface area contributed by atoms with Crippen LogP contribution in [0.25, 0.3) is 0 Å². The van der Waals surface area contributed by atoms with Gasteiger partial charge in [0.15, 0.2) is 17.3 Å². The lowest BCUT2D eigenvalue weighted by Crippen LogP contribution is -2.16. The van der Waals surface area contributed by atoms with Crippen molar-refractivity contribution in [2.75, 3.05) is 19.5 Å². The molecule has 3 aromatic rings. The number of hydrogen-bond donors (Lipinski definition) is 1. The summed E-state index contributed by atoms with van der Waals surface area (Å²) in [5, 5.41) is 3.59. The fraction of sp³-hybridized carbons (Fsp3) is 0.321. The molecule has 0 heterocycles. The zero-order chi connectivity index (χ0) is 23.3. The van der Waals surface area contributed by atoms with E-state index < -0.39 is 0 Å². The summed E-state index contributed by atoms with van der Waals surface area (Å²) in [5.74, 6) is 1.67. The van der Waals surface area contributed by atoms with Crippen molar-refractivity contribution in [3.05, 3.63) is 88.5 Å². The Balaban J connectivity index is 1.90. The van der Waals surface area contributed by atoms with E-state index in [-0.39, 0.29) is 11.8 Å². The second-order valence-corrected chi connectivity index (χ2v) is 8.51. The number of anilines is 1. The second kappa shape index (κ2) is 10.4. The molecule has 0 aliphatic heterocycles. The van der Waals surface area contributed by atoms with Gasteiger partial charge in [-0.3, -0.25) is 4.79 Å². The quantitative estimate of drug-likeness (QED) is 0.376. The first-order valence-electron chi connectivity index (χ1n) is 11.0. The summed E-state index contributed by atoms with van der Waals surface area (Å²) in [5.41, 5.74) is 6.44. The smallest absolute Gasteiger partial charge is 0.165 e. The lowest BCUT2D eigenvalue weighted by atomic mass is 9.94. The molecule has 0 aliphatic rings. The molecule has 1 N–H and O–H groups in total. The van der Waals surface area contributed by atoms with E-state index in [1.54, 1.807) is 32.4 Å². The van der Waals surface area contributed by atoms with E-state index in [0.717, 1.165) is 11.3 Å². The molecule has 0 saturated heterocycles. The van der Waals surface area contributed by atoms with Gasteiger partial charge >= 0.3 is 0 Å². The van der Waals surface area contributed by atoms with Gasteiger partial charge in [0.25, 0.3) is 0 Å². The Bertz CT molecular complexity index is 1070. The van der Waals surface area contributed by atoms with Crippen LogP contribution in [-0.2, 0) is 0 Å². The minimum atomic E-state index is -0.154. The molecule has 1 unspecified atom stereocenters. The van der Waals surface area contributed by atoms with Crippen molar-refractivity contribution < 1.29 is 14.3 Å². The summed E-state index contributed by atoms with van der Waals surface area (Å²) in [4.78, 5) is 13.2. The third-order valence-corrected chi connectivity index (χ3v) is 5.95. The summed E-state index contributed by atoms with van der Waals surface area (Å²) in [7, 11) is 3.16. The van der Waals surface area contributed by atoms with Gasteiger partial charge in [-0.05, 0) is 72.4 Å². The minimum absolute atomic E-state index is 0.0419. The predicted molar refractivity (Wildman–Crippen MR) is 131 cm³/mol. The summed E-state index contributed by atoms with van der Waals surface area (Å²) < 4.78 is 10.7. The Kier molecular flexibility index (Phi) is 7.57. The number of carbonyl (C=O) groups is 1. The molecule has 0 radical (unpaired) electrons. The maximum absolute atomic E-state index is 13.2. The first kappa shape index (κ1) is 23.4. The number of methoxy groups -OCH3 is 2. The molecule has 32 heavy (non-hydrogen) atoms. The molecule has 1 atom stereocenters. The number of ketones is 1. The second-order valence-electron chi connectivity index (χ2n) is 8.51. The Morgan fingerprint density at radius 1 is 0.812 bits per heavy atom. The van der Waals surface area contributed by atoms with Crippen LogP contribution in [0.2, 0.25) is 0 Å². The Labute approximate surface area is 191 Å². The third-order valence-electron chi connectivity index (χ3n) is 5.95. The van der Waals surface area contributed by atoms with Gasteiger partial charge in [0.05, 0.1) is 20.3 Å². The van der Waals surface area contributed by atoms with Gasteiger partial charge < -0.3 is 14.8 Å². The van der Waals surface area contributed by atoms with Gasteiger partial charge in [-0.1, -0.05) is 44.2 Å². The number of aryl methyl sites for hydroxylation is 2. The van der Waals surface area contributed by atoms with Gasteiger partial charge in [-0.2, -0.15) is 0 Å². The highest BCUT2D eigenvalue weighted by molar-refractivity contribution is 5.97. The van der Waals surface area contributed by atoms with Crippen molar-refractivity contribution in [1.82, 2.24) is 0 Å². The number of ether oxygens (including phenoxy) is 2. The van der Waals surface area contributed by atoms with E-state index in [4.69, 9.17) is 9.47 Å². The van der Waals surface area contributed by atoms with E-state index in [1.165, 1.54) is 16.7 Å². The van der Waals surface area contributed by atoms with Crippen molar-refractivity contribution in [2.45, 2.75) is 46.1 Å². The van der Waals surface area contributed by atoms with E-state index in [9.17, 15) is 4.79 Å². The normalized spacial score (nSPS) is 11.8. The van der Waals surface area contributed by atoms with Crippen LogP contribution in [0.15, 0.2) is 60.7 Å². The standard InChI is InChI=1S/C28H33NO3/c1-18(2)21-8-10-22(11-9-21)25(29-24-13-7-19(3)20(4)15-24)17-26(30)23-12-14-27(31-5)28(16-23)32-6/h7-16,18,25,29H,17H2,1-6H3. The first-order chi connectivity index (χ1) is 15.3. The van der Waals surface area contributed by atoms with Gasteiger partial charge in [0, 0.05) is 17.7 Å². The Morgan fingerprint density at radius 3 is 2.06 bits per heavy atom. The molecule has 4 nitrogen and oxygen atoms in total. The summed E-state index contributed by atoms with van der Waals surface area (Å²) >= 11 is 0. The first-order valence-corrected chi connectivity index (χ1v) is 11.0. The number of rotatable bonds is 9. The van der Waals surface area contributed by atoms with Crippen LogP contribution in [0.3, 0.4) is 0 Å². The monoisotopic (exact) mass is 431 g/mol. The van der Waals surface area contributed by atoms with Crippen LogP contribution in [0.4, 0.5) is 5.69 Å². The highest BCUT2D eigenvalue weighted by atomic mass is 16.5. The maximum Gasteiger partial charge on any atom is 0.165 e. The van der Waals surface area contributed by atoms with Crippen LogP contribution in [-0.4, -0.2) is 20.0 Å². The van der Waals surface area contributed by atoms with Crippen LogP contribution in [0, 0.1) is 13.8 Å². The molecule has 0 amide bonds. The van der Waals surface area contributed by atoms with Crippen molar-refractivity contribution in [3.63, 3.8) is 0 Å². The number of hydrogen-bond acceptors (Lipinski definition) is 4. The highest BCUT2D eigenvalue weighted by Gasteiger charge is 2.19. The molecule has 0 fully saturated rings. The molecule has 0 spiro atoms. The van der Waals surface area contributed by atoms with Crippen LogP contribution in [0.1, 0.15) is 64.8 Å². The van der Waals surface area contributed by atoms with Crippen LogP contribution >= 0.6 is 0 Å². The van der Waals surface area contributed by atoms with E-state index in [2.05, 4.69) is 75.5 Å². The topological polar surface area (TPSA) is 47.6 Å². The molecule has 0 bridgehead atoms. The van der Waals surface area contributed by atoms with E-state index in [0.29, 0.717) is 29.4 Å². The van der Waals surface area contributed by atoms with E-state index >= 15 is 0 Å². The lowest BCUT2D eigenvalue weighted by Gasteiger charge is -2.21. The summed E-state index contributed by atoms with van der Waals surface area (Å²) in [6.45, 7) is 8.56. The molecule has 0 saturated carbocycles. The number of benzene rings is 3. The maximum atomic E-state index is 13.2. The molecule has 168 valence electrons. The third kappa shape index (κ3) is 5.50. The molecular formula is C28H33NO3. The fourth-order valence-electron chi connectivity index (χ4n) is 3.71. The molecule has 3 rings (SSSR count). The van der Waals surface area contributed by atoms with Crippen LogP contribution in [0.5, 0.6) is 11.5 Å². The van der Waals surface area contributed by atoms with Crippen molar-refractivity contribution in [1.29, 1.82) is 0 Å². The van der Waals surface area contributed by atoms with Gasteiger partial charge in [0.2, 0.25) is 0 Å².